The first-order valence-electron chi connectivity index (χ1n) is 6.43. The molecule has 0 rings (SSSR count). The van der Waals surface area contributed by atoms with Crippen molar-refractivity contribution in [2.45, 2.75) is 58.5 Å². The summed E-state index contributed by atoms with van der Waals surface area (Å²) >= 11 is 0. The van der Waals surface area contributed by atoms with E-state index in [1.54, 1.807) is 0 Å². The van der Waals surface area contributed by atoms with Crippen molar-refractivity contribution in [2.24, 2.45) is 0 Å². The number of nitrogens with zero attached hydrogens (tertiary/aromatic N) is 1. The van der Waals surface area contributed by atoms with Crippen LogP contribution in [0, 0.1) is 0 Å². The van der Waals surface area contributed by atoms with E-state index in [-0.39, 0.29) is 5.54 Å². The van der Waals surface area contributed by atoms with Gasteiger partial charge >= 0.3 is 0 Å². The predicted octanol–water partition coefficient (Wildman–Crippen LogP) is 3.05. The summed E-state index contributed by atoms with van der Waals surface area (Å²) in [7, 11) is 2.21. The Kier molecular flexibility index (Phi) is 7.69. The zero-order valence-electron chi connectivity index (χ0n) is 11.8. The number of nitrogens with one attached hydrogen (secondary N) is 1. The molecular weight excluding hydrogens is 196 g/mol. The molecule has 0 heterocycles. The van der Waals surface area contributed by atoms with Crippen LogP contribution in [0.3, 0.4) is 0 Å². The van der Waals surface area contributed by atoms with Gasteiger partial charge in [-0.1, -0.05) is 6.08 Å². The van der Waals surface area contributed by atoms with Gasteiger partial charge < -0.3 is 10.2 Å². The first kappa shape index (κ1) is 15.7. The van der Waals surface area contributed by atoms with Gasteiger partial charge in [-0.2, -0.15) is 0 Å². The van der Waals surface area contributed by atoms with Crippen molar-refractivity contribution in [3.63, 3.8) is 0 Å². The number of hydrogen-bond donors (Lipinski definition) is 1. The van der Waals surface area contributed by atoms with Crippen molar-refractivity contribution in [1.29, 1.82) is 0 Å². The lowest BCUT2D eigenvalue weighted by molar-refractivity contribution is 0.237. The fraction of sp³-hybridized carbons (Fsp3) is 0.857. The zero-order valence-corrected chi connectivity index (χ0v) is 11.8. The maximum Gasteiger partial charge on any atom is 0.00965 e. The van der Waals surface area contributed by atoms with Crippen molar-refractivity contribution >= 4 is 0 Å². The molecule has 0 amide bonds. The first-order valence-corrected chi connectivity index (χ1v) is 6.43. The Labute approximate surface area is 102 Å². The second-order valence-electron chi connectivity index (χ2n) is 5.73. The predicted molar refractivity (Wildman–Crippen MR) is 73.9 cm³/mol. The lowest BCUT2D eigenvalue weighted by atomic mass is 10.1. The van der Waals surface area contributed by atoms with Gasteiger partial charge in [-0.15, -0.1) is 6.58 Å². The molecule has 2 nitrogen and oxygen atoms in total. The molecule has 0 bridgehead atoms. The molecule has 0 radical (unpaired) electrons. The van der Waals surface area contributed by atoms with Crippen LogP contribution in [0.4, 0.5) is 0 Å². The molecule has 0 aromatic heterocycles. The van der Waals surface area contributed by atoms with E-state index in [1.807, 2.05) is 6.08 Å². The Bertz CT molecular complexity index is 182. The highest BCUT2D eigenvalue weighted by molar-refractivity contribution is 4.73. The monoisotopic (exact) mass is 226 g/mol. The minimum atomic E-state index is 0.237. The van der Waals surface area contributed by atoms with E-state index in [0.717, 1.165) is 13.0 Å². The van der Waals surface area contributed by atoms with Crippen LogP contribution in [0.5, 0.6) is 0 Å². The Morgan fingerprint density at radius 2 is 2.00 bits per heavy atom. The summed E-state index contributed by atoms with van der Waals surface area (Å²) in [6.07, 6.45) is 5.55. The largest absolute Gasteiger partial charge is 0.312 e. The molecule has 1 unspecified atom stereocenters. The summed E-state index contributed by atoms with van der Waals surface area (Å²) in [4.78, 5) is 2.44. The highest BCUT2D eigenvalue weighted by Gasteiger charge is 2.11. The Morgan fingerprint density at radius 1 is 1.38 bits per heavy atom. The lowest BCUT2D eigenvalue weighted by Crippen LogP contribution is -2.39. The SMILES string of the molecule is C=CCCCN(C)C(C)CCNC(C)(C)C. The van der Waals surface area contributed by atoms with Crippen molar-refractivity contribution in [3.8, 4) is 0 Å². The smallest absolute Gasteiger partial charge is 0.00965 e. The van der Waals surface area contributed by atoms with E-state index in [1.165, 1.54) is 19.4 Å². The summed E-state index contributed by atoms with van der Waals surface area (Å²) in [6, 6.07) is 0.652. The van der Waals surface area contributed by atoms with Gasteiger partial charge in [-0.3, -0.25) is 0 Å². The summed E-state index contributed by atoms with van der Waals surface area (Å²) in [5, 5.41) is 3.53. The van der Waals surface area contributed by atoms with Gasteiger partial charge in [0.05, 0.1) is 0 Å². The van der Waals surface area contributed by atoms with Gasteiger partial charge in [0.15, 0.2) is 0 Å². The molecule has 0 saturated carbocycles. The molecule has 1 atom stereocenters. The van der Waals surface area contributed by atoms with E-state index in [2.05, 4.69) is 51.5 Å². The second kappa shape index (κ2) is 7.86. The third kappa shape index (κ3) is 8.93. The van der Waals surface area contributed by atoms with Crippen molar-refractivity contribution in [3.05, 3.63) is 12.7 Å². The van der Waals surface area contributed by atoms with Crippen LogP contribution in [-0.4, -0.2) is 36.6 Å². The normalized spacial score (nSPS) is 14.1. The fourth-order valence-electron chi connectivity index (χ4n) is 1.58. The van der Waals surface area contributed by atoms with Crippen LogP contribution in [0.1, 0.15) is 47.0 Å². The summed E-state index contributed by atoms with van der Waals surface area (Å²) in [6.45, 7) is 15.0. The molecular formula is C14H30N2. The topological polar surface area (TPSA) is 15.3 Å². The minimum absolute atomic E-state index is 0.237. The minimum Gasteiger partial charge on any atom is -0.312 e. The standard InChI is InChI=1S/C14H30N2/c1-7-8-9-12-16(6)13(2)10-11-15-14(3,4)5/h7,13,15H,1,8-12H2,2-6H3. The molecule has 0 aromatic rings. The quantitative estimate of drug-likeness (QED) is 0.505. The number of unbranched alkanes of at least 4 members (excludes halogenated alkanes) is 1. The third-order valence-electron chi connectivity index (χ3n) is 2.89. The molecule has 0 saturated heterocycles. The van der Waals surface area contributed by atoms with Gasteiger partial charge in [-0.05, 0) is 67.1 Å². The molecule has 0 aliphatic carbocycles. The molecule has 0 aliphatic rings. The Morgan fingerprint density at radius 3 is 2.50 bits per heavy atom. The van der Waals surface area contributed by atoms with E-state index >= 15 is 0 Å². The molecule has 16 heavy (non-hydrogen) atoms. The second-order valence-corrected chi connectivity index (χ2v) is 5.73. The summed E-state index contributed by atoms with van der Waals surface area (Å²) in [5.41, 5.74) is 0.237. The maximum atomic E-state index is 3.75. The average Bonchev–Trinajstić information content (AvgIpc) is 2.15. The highest BCUT2D eigenvalue weighted by atomic mass is 15.1. The van der Waals surface area contributed by atoms with Crippen LogP contribution in [-0.2, 0) is 0 Å². The van der Waals surface area contributed by atoms with Gasteiger partial charge in [0.2, 0.25) is 0 Å². The molecule has 1 N–H and O–H groups in total. The number of hydrogen-bond acceptors (Lipinski definition) is 2. The van der Waals surface area contributed by atoms with Crippen LogP contribution >= 0.6 is 0 Å². The lowest BCUT2D eigenvalue weighted by Gasteiger charge is -2.27. The highest BCUT2D eigenvalue weighted by Crippen LogP contribution is 2.05. The fourth-order valence-corrected chi connectivity index (χ4v) is 1.58. The van der Waals surface area contributed by atoms with Gasteiger partial charge in [0, 0.05) is 11.6 Å². The first-order chi connectivity index (χ1) is 7.37. The molecule has 96 valence electrons. The Hall–Kier alpha value is -0.340. The average molecular weight is 226 g/mol. The maximum absolute atomic E-state index is 3.75. The van der Waals surface area contributed by atoms with Crippen molar-refractivity contribution in [1.82, 2.24) is 10.2 Å². The van der Waals surface area contributed by atoms with Crippen LogP contribution < -0.4 is 5.32 Å². The van der Waals surface area contributed by atoms with Gasteiger partial charge in [0.1, 0.15) is 0 Å². The van der Waals surface area contributed by atoms with E-state index < -0.39 is 0 Å². The van der Waals surface area contributed by atoms with Crippen LogP contribution in [0.25, 0.3) is 0 Å². The van der Waals surface area contributed by atoms with Gasteiger partial charge in [0.25, 0.3) is 0 Å². The molecule has 0 aromatic carbocycles. The summed E-state index contributed by atoms with van der Waals surface area (Å²) in [5.74, 6) is 0. The third-order valence-corrected chi connectivity index (χ3v) is 2.89. The van der Waals surface area contributed by atoms with E-state index in [4.69, 9.17) is 0 Å². The summed E-state index contributed by atoms with van der Waals surface area (Å²) < 4.78 is 0. The van der Waals surface area contributed by atoms with Crippen molar-refractivity contribution in [2.75, 3.05) is 20.1 Å². The Balaban J connectivity index is 3.62. The van der Waals surface area contributed by atoms with E-state index in [9.17, 15) is 0 Å². The van der Waals surface area contributed by atoms with Crippen molar-refractivity contribution < 1.29 is 0 Å². The van der Waals surface area contributed by atoms with Crippen LogP contribution in [0.2, 0.25) is 0 Å². The molecule has 0 fully saturated rings. The number of allylic oxidation sites excluding steroid dienone is 1. The van der Waals surface area contributed by atoms with Crippen LogP contribution in [0.15, 0.2) is 12.7 Å². The number of rotatable bonds is 8. The zero-order chi connectivity index (χ0) is 12.6. The molecule has 0 aliphatic heterocycles. The molecule has 0 spiro atoms. The molecule has 2 heteroatoms. The van der Waals surface area contributed by atoms with E-state index in [0.29, 0.717) is 6.04 Å². The van der Waals surface area contributed by atoms with Gasteiger partial charge in [-0.25, -0.2) is 0 Å².